The van der Waals surface area contributed by atoms with E-state index >= 15 is 0 Å². The van der Waals surface area contributed by atoms with E-state index in [-0.39, 0.29) is 5.91 Å². The van der Waals surface area contributed by atoms with Gasteiger partial charge in [-0.05, 0) is 50.7 Å². The molecular weight excluding hydrogens is 408 g/mol. The topological polar surface area (TPSA) is 62.7 Å². The van der Waals surface area contributed by atoms with Crippen LogP contribution < -0.4 is 4.74 Å². The van der Waals surface area contributed by atoms with Crippen molar-refractivity contribution in [2.75, 3.05) is 19.7 Å². The van der Waals surface area contributed by atoms with Gasteiger partial charge in [0.15, 0.2) is 0 Å². The van der Waals surface area contributed by atoms with Crippen molar-refractivity contribution in [1.29, 1.82) is 0 Å². The van der Waals surface area contributed by atoms with Crippen LogP contribution in [0.25, 0.3) is 0 Å². The average molecular weight is 443 g/mol. The van der Waals surface area contributed by atoms with Crippen molar-refractivity contribution in [3.63, 3.8) is 0 Å². The quantitative estimate of drug-likeness (QED) is 0.666. The molecule has 0 unspecified atom stereocenters. The predicted molar refractivity (Wildman–Crippen MR) is 123 cm³/mol. The van der Waals surface area contributed by atoms with Crippen molar-refractivity contribution < 1.29 is 14.6 Å². The third-order valence-corrected chi connectivity index (χ3v) is 8.15. The number of benzene rings is 1. The Morgan fingerprint density at radius 2 is 1.97 bits per heavy atom. The standard InChI is InChI=1S/C25H34N2O3S/c1-19-22(12-17-30-21-10-3-2-4-11-21)31-24(26-19)25(29)13-7-15-27(16-14-25)23(28)18-20-8-5-6-9-20/h2-4,10-11,20,29H,5-9,12-18H2,1H3/t25-/m1/s1. The van der Waals surface area contributed by atoms with Gasteiger partial charge in [0, 0.05) is 37.2 Å². The first kappa shape index (κ1) is 22.3. The lowest BCUT2D eigenvalue weighted by atomic mass is 9.96. The van der Waals surface area contributed by atoms with Crippen LogP contribution in [0, 0.1) is 12.8 Å². The number of thiazole rings is 1. The highest BCUT2D eigenvalue weighted by Gasteiger charge is 2.36. The summed E-state index contributed by atoms with van der Waals surface area (Å²) in [5.41, 5.74) is 0.0413. The Kier molecular flexibility index (Phi) is 7.28. The van der Waals surface area contributed by atoms with Crippen LogP contribution in [0.5, 0.6) is 5.75 Å². The van der Waals surface area contributed by atoms with Gasteiger partial charge in [-0.15, -0.1) is 11.3 Å². The Balaban J connectivity index is 1.34. The van der Waals surface area contributed by atoms with Gasteiger partial charge in [0.25, 0.3) is 0 Å². The first-order chi connectivity index (χ1) is 15.0. The number of aliphatic hydroxyl groups is 1. The minimum absolute atomic E-state index is 0.269. The molecule has 2 aliphatic rings. The van der Waals surface area contributed by atoms with E-state index in [9.17, 15) is 9.90 Å². The number of hydrogen-bond acceptors (Lipinski definition) is 5. The lowest BCUT2D eigenvalue weighted by Gasteiger charge is -2.25. The molecule has 1 aromatic heterocycles. The van der Waals surface area contributed by atoms with Crippen LogP contribution in [-0.2, 0) is 16.8 Å². The number of rotatable bonds is 7. The Labute approximate surface area is 189 Å². The highest BCUT2D eigenvalue weighted by atomic mass is 32.1. The average Bonchev–Trinajstić information content (AvgIpc) is 3.36. The van der Waals surface area contributed by atoms with Crippen LogP contribution in [0.3, 0.4) is 0 Å². The Bertz CT molecular complexity index is 863. The van der Waals surface area contributed by atoms with Gasteiger partial charge in [-0.2, -0.15) is 0 Å². The second-order valence-corrected chi connectivity index (χ2v) is 10.1. The van der Waals surface area contributed by atoms with Gasteiger partial charge in [-0.25, -0.2) is 4.98 Å². The molecule has 6 heteroatoms. The van der Waals surface area contributed by atoms with Gasteiger partial charge < -0.3 is 14.7 Å². The number of carbonyl (C=O) groups excluding carboxylic acids is 1. The minimum Gasteiger partial charge on any atom is -0.493 e. The summed E-state index contributed by atoms with van der Waals surface area (Å²) in [7, 11) is 0. The molecule has 168 valence electrons. The fourth-order valence-electron chi connectivity index (χ4n) is 4.81. The van der Waals surface area contributed by atoms with Crippen LogP contribution in [-0.4, -0.2) is 40.6 Å². The highest BCUT2D eigenvalue weighted by Crippen LogP contribution is 2.37. The number of carbonyl (C=O) groups is 1. The van der Waals surface area contributed by atoms with E-state index in [1.807, 2.05) is 42.2 Å². The summed E-state index contributed by atoms with van der Waals surface area (Å²) >= 11 is 1.60. The number of nitrogens with zero attached hydrogens (tertiary/aromatic N) is 2. The normalized spacial score (nSPS) is 22.5. The molecule has 1 aliphatic heterocycles. The van der Waals surface area contributed by atoms with E-state index < -0.39 is 5.60 Å². The molecule has 1 saturated carbocycles. The summed E-state index contributed by atoms with van der Waals surface area (Å²) in [5.74, 6) is 1.71. The molecule has 31 heavy (non-hydrogen) atoms. The molecule has 1 atom stereocenters. The summed E-state index contributed by atoms with van der Waals surface area (Å²) < 4.78 is 5.83. The number of hydrogen-bond donors (Lipinski definition) is 1. The summed E-state index contributed by atoms with van der Waals surface area (Å²) in [6, 6.07) is 9.82. The zero-order chi connectivity index (χ0) is 21.7. The molecule has 1 amide bonds. The van der Waals surface area contributed by atoms with Crippen LogP contribution in [0.15, 0.2) is 30.3 Å². The molecule has 1 saturated heterocycles. The SMILES string of the molecule is Cc1nc([C@@]2(O)CCCN(C(=O)CC3CCCC3)CC2)sc1CCOc1ccccc1. The monoisotopic (exact) mass is 442 g/mol. The van der Waals surface area contributed by atoms with E-state index in [1.54, 1.807) is 11.3 Å². The number of ether oxygens (including phenoxy) is 1. The number of amides is 1. The first-order valence-electron chi connectivity index (χ1n) is 11.7. The molecule has 2 fully saturated rings. The van der Waals surface area contributed by atoms with Crippen molar-refractivity contribution >= 4 is 17.2 Å². The fourth-order valence-corrected chi connectivity index (χ4v) is 6.00. The second-order valence-electron chi connectivity index (χ2n) is 9.06. The van der Waals surface area contributed by atoms with Gasteiger partial charge in [-0.1, -0.05) is 31.0 Å². The van der Waals surface area contributed by atoms with Crippen LogP contribution in [0.1, 0.15) is 66.9 Å². The van der Waals surface area contributed by atoms with Crippen molar-refractivity contribution in [3.8, 4) is 5.75 Å². The fraction of sp³-hybridized carbons (Fsp3) is 0.600. The number of likely N-dealkylation sites (tertiary alicyclic amines) is 1. The summed E-state index contributed by atoms with van der Waals surface area (Å²) in [4.78, 5) is 20.6. The third kappa shape index (κ3) is 5.66. The maximum atomic E-state index is 12.8. The Morgan fingerprint density at radius 1 is 1.19 bits per heavy atom. The van der Waals surface area contributed by atoms with E-state index in [2.05, 4.69) is 0 Å². The maximum Gasteiger partial charge on any atom is 0.222 e. The van der Waals surface area contributed by atoms with Crippen molar-refractivity contribution in [2.24, 2.45) is 5.92 Å². The molecule has 2 heterocycles. The largest absolute Gasteiger partial charge is 0.493 e. The second kappa shape index (κ2) is 10.1. The summed E-state index contributed by atoms with van der Waals surface area (Å²) in [6.07, 6.45) is 8.42. The number of aryl methyl sites for hydroxylation is 1. The molecule has 1 N–H and O–H groups in total. The predicted octanol–water partition coefficient (Wildman–Crippen LogP) is 4.85. The van der Waals surface area contributed by atoms with E-state index in [0.717, 1.165) is 40.7 Å². The maximum absolute atomic E-state index is 12.8. The molecule has 4 rings (SSSR count). The van der Waals surface area contributed by atoms with Crippen LogP contribution in [0.4, 0.5) is 0 Å². The number of para-hydroxylation sites is 1. The number of aromatic nitrogens is 1. The summed E-state index contributed by atoms with van der Waals surface area (Å²) in [6.45, 7) is 3.97. The van der Waals surface area contributed by atoms with Crippen molar-refractivity contribution in [3.05, 3.63) is 45.9 Å². The smallest absolute Gasteiger partial charge is 0.222 e. The molecule has 0 bridgehead atoms. The highest BCUT2D eigenvalue weighted by molar-refractivity contribution is 7.11. The molecule has 0 radical (unpaired) electrons. The molecule has 2 aromatic rings. The lowest BCUT2D eigenvalue weighted by molar-refractivity contribution is -0.132. The van der Waals surface area contributed by atoms with Gasteiger partial charge in [-0.3, -0.25) is 4.79 Å². The van der Waals surface area contributed by atoms with Crippen molar-refractivity contribution in [1.82, 2.24) is 9.88 Å². The van der Waals surface area contributed by atoms with Crippen LogP contribution >= 0.6 is 11.3 Å². The van der Waals surface area contributed by atoms with E-state index in [0.29, 0.717) is 38.3 Å². The minimum atomic E-state index is -0.934. The lowest BCUT2D eigenvalue weighted by Crippen LogP contribution is -2.34. The zero-order valence-electron chi connectivity index (χ0n) is 18.5. The van der Waals surface area contributed by atoms with E-state index in [4.69, 9.17) is 9.72 Å². The van der Waals surface area contributed by atoms with E-state index in [1.165, 1.54) is 25.7 Å². The van der Waals surface area contributed by atoms with Gasteiger partial charge in [0.1, 0.15) is 16.4 Å². The molecule has 1 aliphatic carbocycles. The molecular formula is C25H34N2O3S. The zero-order valence-corrected chi connectivity index (χ0v) is 19.3. The molecule has 5 nitrogen and oxygen atoms in total. The van der Waals surface area contributed by atoms with Crippen molar-refractivity contribution in [2.45, 2.75) is 70.3 Å². The first-order valence-corrected chi connectivity index (χ1v) is 12.5. The summed E-state index contributed by atoms with van der Waals surface area (Å²) in [5, 5.41) is 12.2. The van der Waals surface area contributed by atoms with Gasteiger partial charge in [0.2, 0.25) is 5.91 Å². The Hall–Kier alpha value is -1.92. The van der Waals surface area contributed by atoms with Gasteiger partial charge >= 0.3 is 0 Å². The third-order valence-electron chi connectivity index (χ3n) is 6.74. The molecule has 1 aromatic carbocycles. The van der Waals surface area contributed by atoms with Gasteiger partial charge in [0.05, 0.1) is 12.3 Å². The van der Waals surface area contributed by atoms with Crippen LogP contribution in [0.2, 0.25) is 0 Å². The Morgan fingerprint density at radius 3 is 2.74 bits per heavy atom. The molecule has 0 spiro atoms.